The van der Waals surface area contributed by atoms with Gasteiger partial charge in [-0.25, -0.2) is 8.42 Å². The SMILES string of the molecule is Cc1noc(C)c1S(=O)(=O)N[C@H]1CCCCNC1=O. The van der Waals surface area contributed by atoms with Crippen LogP contribution in [0.15, 0.2) is 9.42 Å². The molecule has 1 aliphatic rings. The summed E-state index contributed by atoms with van der Waals surface area (Å²) in [5.74, 6) is -0.0631. The van der Waals surface area contributed by atoms with Crippen LogP contribution in [0.1, 0.15) is 30.7 Å². The van der Waals surface area contributed by atoms with E-state index in [1.54, 1.807) is 6.92 Å². The van der Waals surface area contributed by atoms with Gasteiger partial charge in [0.25, 0.3) is 0 Å². The Labute approximate surface area is 111 Å². The Hall–Kier alpha value is -1.41. The highest BCUT2D eigenvalue weighted by Crippen LogP contribution is 2.19. The molecule has 1 aromatic heterocycles. The van der Waals surface area contributed by atoms with E-state index >= 15 is 0 Å². The highest BCUT2D eigenvalue weighted by molar-refractivity contribution is 7.89. The number of nitrogens with one attached hydrogen (secondary N) is 2. The van der Waals surface area contributed by atoms with Crippen molar-refractivity contribution < 1.29 is 17.7 Å². The molecule has 1 aliphatic heterocycles. The molecule has 7 nitrogen and oxygen atoms in total. The van der Waals surface area contributed by atoms with Gasteiger partial charge in [0.1, 0.15) is 16.6 Å². The molecule has 0 saturated carbocycles. The predicted octanol–water partition coefficient (Wildman–Crippen LogP) is 0.238. The fraction of sp³-hybridized carbons (Fsp3) is 0.636. The molecule has 1 atom stereocenters. The highest BCUT2D eigenvalue weighted by Gasteiger charge is 2.30. The van der Waals surface area contributed by atoms with E-state index in [9.17, 15) is 13.2 Å². The van der Waals surface area contributed by atoms with E-state index in [4.69, 9.17) is 4.52 Å². The Morgan fingerprint density at radius 1 is 1.37 bits per heavy atom. The maximum Gasteiger partial charge on any atom is 0.246 e. The molecule has 0 radical (unpaired) electrons. The quantitative estimate of drug-likeness (QED) is 0.829. The van der Waals surface area contributed by atoms with Crippen LogP contribution in [0.2, 0.25) is 0 Å². The van der Waals surface area contributed by atoms with Crippen molar-refractivity contribution >= 4 is 15.9 Å². The van der Waals surface area contributed by atoms with E-state index in [1.165, 1.54) is 6.92 Å². The zero-order chi connectivity index (χ0) is 14.0. The molecule has 8 heteroatoms. The van der Waals surface area contributed by atoms with Crippen LogP contribution in [0, 0.1) is 13.8 Å². The predicted molar refractivity (Wildman–Crippen MR) is 66.9 cm³/mol. The van der Waals surface area contributed by atoms with Gasteiger partial charge >= 0.3 is 0 Å². The first-order valence-electron chi connectivity index (χ1n) is 6.15. The van der Waals surface area contributed by atoms with Gasteiger partial charge in [0.05, 0.1) is 0 Å². The van der Waals surface area contributed by atoms with Gasteiger partial charge in [-0.2, -0.15) is 4.72 Å². The molecule has 0 aliphatic carbocycles. The van der Waals surface area contributed by atoms with E-state index in [1.807, 2.05) is 0 Å². The molecule has 2 rings (SSSR count). The van der Waals surface area contributed by atoms with Crippen LogP contribution < -0.4 is 10.0 Å². The van der Waals surface area contributed by atoms with E-state index < -0.39 is 16.1 Å². The van der Waals surface area contributed by atoms with Gasteiger partial charge in [-0.15, -0.1) is 0 Å². The summed E-state index contributed by atoms with van der Waals surface area (Å²) >= 11 is 0. The largest absolute Gasteiger partial charge is 0.360 e. The molecule has 106 valence electrons. The normalized spacial score (nSPS) is 20.9. The fourth-order valence-corrected chi connectivity index (χ4v) is 3.72. The first kappa shape index (κ1) is 14.0. The molecule has 2 heterocycles. The van der Waals surface area contributed by atoms with Gasteiger partial charge in [-0.05, 0) is 33.1 Å². The average Bonchev–Trinajstić information content (AvgIpc) is 2.54. The number of carbonyl (C=O) groups is 1. The number of rotatable bonds is 3. The molecule has 2 N–H and O–H groups in total. The second-order valence-corrected chi connectivity index (χ2v) is 6.26. The first-order valence-corrected chi connectivity index (χ1v) is 7.63. The smallest absolute Gasteiger partial charge is 0.246 e. The molecule has 1 saturated heterocycles. The summed E-state index contributed by atoms with van der Waals surface area (Å²) in [6.07, 6.45) is 2.15. The lowest BCUT2D eigenvalue weighted by Gasteiger charge is -2.15. The molecule has 0 unspecified atom stereocenters. The molecule has 1 fully saturated rings. The van der Waals surface area contributed by atoms with Crippen LogP contribution >= 0.6 is 0 Å². The minimum Gasteiger partial charge on any atom is -0.360 e. The summed E-state index contributed by atoms with van der Waals surface area (Å²) in [4.78, 5) is 11.8. The zero-order valence-corrected chi connectivity index (χ0v) is 11.7. The molecular weight excluding hydrogens is 270 g/mol. The summed E-state index contributed by atoms with van der Waals surface area (Å²) in [5.41, 5.74) is 0.291. The minimum atomic E-state index is -3.79. The van der Waals surface area contributed by atoms with Crippen LogP contribution in [0.4, 0.5) is 0 Å². The number of nitrogens with zero attached hydrogens (tertiary/aromatic N) is 1. The van der Waals surface area contributed by atoms with Crippen LogP contribution in [0.25, 0.3) is 0 Å². The number of aromatic nitrogens is 1. The molecule has 1 aromatic rings. The lowest BCUT2D eigenvalue weighted by Crippen LogP contribution is -2.45. The molecule has 19 heavy (non-hydrogen) atoms. The first-order chi connectivity index (χ1) is 8.92. The monoisotopic (exact) mass is 287 g/mol. The Morgan fingerprint density at radius 2 is 2.11 bits per heavy atom. The van der Waals surface area contributed by atoms with E-state index in [2.05, 4.69) is 15.2 Å². The van der Waals surface area contributed by atoms with Crippen molar-refractivity contribution in [1.82, 2.24) is 15.2 Å². The van der Waals surface area contributed by atoms with Crippen molar-refractivity contribution in [2.75, 3.05) is 6.54 Å². The molecule has 1 amide bonds. The standard InChI is InChI=1S/C11H17N3O4S/c1-7-10(8(2)18-13-7)19(16,17)14-9-5-3-4-6-12-11(9)15/h9,14H,3-6H2,1-2H3,(H,12,15)/t9-/m0/s1. The number of hydrogen-bond acceptors (Lipinski definition) is 5. The Bertz CT molecular complexity index is 559. The maximum absolute atomic E-state index is 12.3. The van der Waals surface area contributed by atoms with Gasteiger partial charge < -0.3 is 9.84 Å². The number of hydrogen-bond donors (Lipinski definition) is 2. The molecular formula is C11H17N3O4S. The molecule has 0 spiro atoms. The summed E-state index contributed by atoms with van der Waals surface area (Å²) in [5, 5.41) is 6.31. The number of carbonyl (C=O) groups excluding carboxylic acids is 1. The molecule has 0 bridgehead atoms. The van der Waals surface area contributed by atoms with Crippen LogP contribution in [0.3, 0.4) is 0 Å². The topological polar surface area (TPSA) is 101 Å². The third-order valence-corrected chi connectivity index (χ3v) is 4.78. The van der Waals surface area contributed by atoms with Crippen molar-refractivity contribution in [2.45, 2.75) is 44.0 Å². The summed E-state index contributed by atoms with van der Waals surface area (Å²) in [6, 6.07) is -0.735. The van der Waals surface area contributed by atoms with E-state index in [0.717, 1.165) is 12.8 Å². The summed E-state index contributed by atoms with van der Waals surface area (Å²) in [6.45, 7) is 3.67. The highest BCUT2D eigenvalue weighted by atomic mass is 32.2. The van der Waals surface area contributed by atoms with Crippen molar-refractivity contribution in [3.05, 3.63) is 11.5 Å². The second kappa shape index (κ2) is 5.30. The van der Waals surface area contributed by atoms with Crippen LogP contribution in [0.5, 0.6) is 0 Å². The Balaban J connectivity index is 2.24. The summed E-state index contributed by atoms with van der Waals surface area (Å²) < 4.78 is 31.8. The van der Waals surface area contributed by atoms with E-state index in [-0.39, 0.29) is 16.6 Å². The number of aryl methyl sites for hydroxylation is 2. The third kappa shape index (κ3) is 2.95. The van der Waals surface area contributed by atoms with Gasteiger partial charge in [0, 0.05) is 6.54 Å². The Kier molecular flexibility index (Phi) is 3.91. The van der Waals surface area contributed by atoms with Crippen LogP contribution in [-0.2, 0) is 14.8 Å². The lowest BCUT2D eigenvalue weighted by atomic mass is 10.1. The van der Waals surface area contributed by atoms with Crippen molar-refractivity contribution in [3.63, 3.8) is 0 Å². The van der Waals surface area contributed by atoms with Gasteiger partial charge in [-0.1, -0.05) is 5.16 Å². The minimum absolute atomic E-state index is 0.0181. The van der Waals surface area contributed by atoms with Crippen molar-refractivity contribution in [2.24, 2.45) is 0 Å². The van der Waals surface area contributed by atoms with Gasteiger partial charge in [-0.3, -0.25) is 4.79 Å². The average molecular weight is 287 g/mol. The van der Waals surface area contributed by atoms with Crippen LogP contribution in [-0.4, -0.2) is 32.1 Å². The molecule has 0 aromatic carbocycles. The van der Waals surface area contributed by atoms with Gasteiger partial charge in [0.2, 0.25) is 15.9 Å². The van der Waals surface area contributed by atoms with Crippen molar-refractivity contribution in [1.29, 1.82) is 0 Å². The van der Waals surface area contributed by atoms with Gasteiger partial charge in [0.15, 0.2) is 5.76 Å². The summed E-state index contributed by atoms with van der Waals surface area (Å²) in [7, 11) is -3.79. The second-order valence-electron chi connectivity index (χ2n) is 4.61. The van der Waals surface area contributed by atoms with E-state index in [0.29, 0.717) is 18.7 Å². The zero-order valence-electron chi connectivity index (χ0n) is 10.9. The maximum atomic E-state index is 12.3. The Morgan fingerprint density at radius 3 is 2.74 bits per heavy atom. The lowest BCUT2D eigenvalue weighted by molar-refractivity contribution is -0.122. The third-order valence-electron chi connectivity index (χ3n) is 3.07. The number of amides is 1. The fourth-order valence-electron chi connectivity index (χ4n) is 2.16. The van der Waals surface area contributed by atoms with Crippen molar-refractivity contribution in [3.8, 4) is 0 Å². The number of sulfonamides is 1.